The van der Waals surface area contributed by atoms with Crippen molar-refractivity contribution in [2.45, 2.75) is 13.5 Å². The Morgan fingerprint density at radius 1 is 1.40 bits per heavy atom. The summed E-state index contributed by atoms with van der Waals surface area (Å²) >= 11 is 0. The maximum absolute atomic E-state index is 9.08. The number of pyridine rings is 1. The van der Waals surface area contributed by atoms with E-state index in [0.717, 1.165) is 22.2 Å². The molecule has 2 aromatic rings. The Kier molecular flexibility index (Phi) is 2.56. The fraction of sp³-hybridized carbons (Fsp3) is 0.250. The lowest BCUT2D eigenvalue weighted by Gasteiger charge is -2.08. The molecule has 0 spiro atoms. The molecule has 3 nitrogen and oxygen atoms in total. The van der Waals surface area contributed by atoms with Crippen molar-refractivity contribution in [1.29, 1.82) is 0 Å². The molecule has 0 bridgehead atoms. The van der Waals surface area contributed by atoms with Crippen molar-refractivity contribution in [3.8, 4) is 5.75 Å². The van der Waals surface area contributed by atoms with Crippen molar-refractivity contribution >= 4 is 10.9 Å². The van der Waals surface area contributed by atoms with Gasteiger partial charge in [0.1, 0.15) is 11.3 Å². The molecule has 0 aliphatic carbocycles. The quantitative estimate of drug-likeness (QED) is 0.812. The van der Waals surface area contributed by atoms with Gasteiger partial charge in [0.15, 0.2) is 0 Å². The average Bonchev–Trinajstić information content (AvgIpc) is 2.28. The van der Waals surface area contributed by atoms with Crippen LogP contribution in [0, 0.1) is 6.92 Å². The highest BCUT2D eigenvalue weighted by atomic mass is 16.5. The Labute approximate surface area is 88.3 Å². The third-order valence-corrected chi connectivity index (χ3v) is 2.44. The highest BCUT2D eigenvalue weighted by molar-refractivity contribution is 5.87. The van der Waals surface area contributed by atoms with E-state index < -0.39 is 0 Å². The molecule has 0 fully saturated rings. The summed E-state index contributed by atoms with van der Waals surface area (Å²) in [7, 11) is 1.62. The standard InChI is InChI=1S/C12H13NO2/c1-8-6-9(7-14)13-12-10(8)4-3-5-11(12)15-2/h3-6,14H,7H2,1-2H3. The number of para-hydroxylation sites is 1. The lowest BCUT2D eigenvalue weighted by molar-refractivity contribution is 0.277. The number of aliphatic hydroxyl groups is 1. The summed E-state index contributed by atoms with van der Waals surface area (Å²) in [4.78, 5) is 4.35. The van der Waals surface area contributed by atoms with Crippen molar-refractivity contribution in [3.05, 3.63) is 35.5 Å². The SMILES string of the molecule is COc1cccc2c(C)cc(CO)nc12. The molecule has 2 rings (SSSR count). The van der Waals surface area contributed by atoms with E-state index in [9.17, 15) is 0 Å². The smallest absolute Gasteiger partial charge is 0.145 e. The van der Waals surface area contributed by atoms with E-state index in [1.165, 1.54) is 0 Å². The first-order valence-corrected chi connectivity index (χ1v) is 4.80. The molecule has 1 N–H and O–H groups in total. The minimum absolute atomic E-state index is 0.0468. The largest absolute Gasteiger partial charge is 0.494 e. The molecule has 1 aromatic carbocycles. The maximum atomic E-state index is 9.08. The summed E-state index contributed by atoms with van der Waals surface area (Å²) in [5.74, 6) is 0.742. The molecule has 1 aromatic heterocycles. The molecule has 78 valence electrons. The number of aliphatic hydroxyl groups excluding tert-OH is 1. The van der Waals surface area contributed by atoms with Gasteiger partial charge in [0.05, 0.1) is 19.4 Å². The topological polar surface area (TPSA) is 42.4 Å². The number of hydrogen-bond donors (Lipinski definition) is 1. The predicted octanol–water partition coefficient (Wildman–Crippen LogP) is 2.04. The van der Waals surface area contributed by atoms with Crippen LogP contribution in [0.2, 0.25) is 0 Å². The number of methoxy groups -OCH3 is 1. The highest BCUT2D eigenvalue weighted by Gasteiger charge is 2.06. The minimum Gasteiger partial charge on any atom is -0.494 e. The Balaban J connectivity index is 2.79. The number of ether oxygens (including phenoxy) is 1. The number of hydrogen-bond acceptors (Lipinski definition) is 3. The van der Waals surface area contributed by atoms with Crippen molar-refractivity contribution in [3.63, 3.8) is 0 Å². The molecule has 0 unspecified atom stereocenters. The second kappa shape index (κ2) is 3.87. The number of benzene rings is 1. The van der Waals surface area contributed by atoms with Gasteiger partial charge in [-0.2, -0.15) is 0 Å². The van der Waals surface area contributed by atoms with Crippen LogP contribution in [0.3, 0.4) is 0 Å². The van der Waals surface area contributed by atoms with Crippen LogP contribution in [-0.4, -0.2) is 17.2 Å². The van der Waals surface area contributed by atoms with Gasteiger partial charge < -0.3 is 9.84 Å². The van der Waals surface area contributed by atoms with E-state index in [0.29, 0.717) is 5.69 Å². The summed E-state index contributed by atoms with van der Waals surface area (Å²) in [5.41, 5.74) is 2.58. The summed E-state index contributed by atoms with van der Waals surface area (Å²) in [6.45, 7) is 1.96. The molecule has 0 aliphatic rings. The Morgan fingerprint density at radius 3 is 2.87 bits per heavy atom. The molecule has 15 heavy (non-hydrogen) atoms. The van der Waals surface area contributed by atoms with Gasteiger partial charge in [-0.1, -0.05) is 12.1 Å². The van der Waals surface area contributed by atoms with Crippen LogP contribution in [-0.2, 0) is 6.61 Å². The Hall–Kier alpha value is -1.61. The van der Waals surface area contributed by atoms with Gasteiger partial charge in [0.2, 0.25) is 0 Å². The zero-order valence-corrected chi connectivity index (χ0v) is 8.82. The summed E-state index contributed by atoms with van der Waals surface area (Å²) in [6.07, 6.45) is 0. The van der Waals surface area contributed by atoms with E-state index in [2.05, 4.69) is 4.98 Å². The third kappa shape index (κ3) is 1.66. The highest BCUT2D eigenvalue weighted by Crippen LogP contribution is 2.26. The van der Waals surface area contributed by atoms with Crippen LogP contribution >= 0.6 is 0 Å². The van der Waals surface area contributed by atoms with E-state index in [-0.39, 0.29) is 6.61 Å². The van der Waals surface area contributed by atoms with Crippen LogP contribution in [0.4, 0.5) is 0 Å². The molecule has 0 radical (unpaired) electrons. The van der Waals surface area contributed by atoms with Crippen LogP contribution < -0.4 is 4.74 Å². The molecule has 0 aliphatic heterocycles. The molecule has 0 saturated heterocycles. The first-order chi connectivity index (χ1) is 7.26. The molecular formula is C12H13NO2. The monoisotopic (exact) mass is 203 g/mol. The Morgan fingerprint density at radius 2 is 2.20 bits per heavy atom. The van der Waals surface area contributed by atoms with Crippen molar-refractivity contribution in [2.24, 2.45) is 0 Å². The molecule has 3 heteroatoms. The molecule has 0 amide bonds. The van der Waals surface area contributed by atoms with Crippen LogP contribution in [0.5, 0.6) is 5.75 Å². The maximum Gasteiger partial charge on any atom is 0.145 e. The zero-order valence-electron chi connectivity index (χ0n) is 8.82. The van der Waals surface area contributed by atoms with Crippen LogP contribution in [0.1, 0.15) is 11.3 Å². The van der Waals surface area contributed by atoms with Gasteiger partial charge in [-0.05, 0) is 24.6 Å². The van der Waals surface area contributed by atoms with Crippen molar-refractivity contribution < 1.29 is 9.84 Å². The first-order valence-electron chi connectivity index (χ1n) is 4.80. The third-order valence-electron chi connectivity index (χ3n) is 2.44. The van der Waals surface area contributed by atoms with E-state index in [1.54, 1.807) is 7.11 Å². The number of aromatic nitrogens is 1. The van der Waals surface area contributed by atoms with E-state index in [1.807, 2.05) is 31.2 Å². The Bertz CT molecular complexity index is 494. The molecule has 0 saturated carbocycles. The van der Waals surface area contributed by atoms with Gasteiger partial charge in [-0.3, -0.25) is 0 Å². The summed E-state index contributed by atoms with van der Waals surface area (Å²) in [6, 6.07) is 7.70. The predicted molar refractivity (Wildman–Crippen MR) is 59.0 cm³/mol. The van der Waals surface area contributed by atoms with Crippen LogP contribution in [0.25, 0.3) is 10.9 Å². The number of fused-ring (bicyclic) bond motifs is 1. The van der Waals surface area contributed by atoms with Crippen LogP contribution in [0.15, 0.2) is 24.3 Å². The van der Waals surface area contributed by atoms with Gasteiger partial charge in [-0.25, -0.2) is 4.98 Å². The van der Waals surface area contributed by atoms with E-state index in [4.69, 9.17) is 9.84 Å². The zero-order chi connectivity index (χ0) is 10.8. The van der Waals surface area contributed by atoms with Gasteiger partial charge >= 0.3 is 0 Å². The fourth-order valence-electron chi connectivity index (χ4n) is 1.71. The van der Waals surface area contributed by atoms with Crippen molar-refractivity contribution in [2.75, 3.05) is 7.11 Å². The average molecular weight is 203 g/mol. The lowest BCUT2D eigenvalue weighted by atomic mass is 10.1. The molecular weight excluding hydrogens is 190 g/mol. The number of nitrogens with zero attached hydrogens (tertiary/aromatic N) is 1. The number of rotatable bonds is 2. The lowest BCUT2D eigenvalue weighted by Crippen LogP contribution is -1.94. The minimum atomic E-state index is -0.0468. The normalized spacial score (nSPS) is 10.6. The van der Waals surface area contributed by atoms with Gasteiger partial charge in [0, 0.05) is 5.39 Å². The first kappa shape index (κ1) is 9.93. The summed E-state index contributed by atoms with van der Waals surface area (Å²) in [5, 5.41) is 10.1. The summed E-state index contributed by atoms with van der Waals surface area (Å²) < 4.78 is 5.24. The van der Waals surface area contributed by atoms with Crippen molar-refractivity contribution in [1.82, 2.24) is 4.98 Å². The van der Waals surface area contributed by atoms with Gasteiger partial charge in [-0.15, -0.1) is 0 Å². The number of aryl methyl sites for hydroxylation is 1. The fourth-order valence-corrected chi connectivity index (χ4v) is 1.71. The van der Waals surface area contributed by atoms with E-state index >= 15 is 0 Å². The second-order valence-electron chi connectivity index (χ2n) is 3.45. The second-order valence-corrected chi connectivity index (χ2v) is 3.45. The molecule has 0 atom stereocenters. The van der Waals surface area contributed by atoms with Gasteiger partial charge in [0.25, 0.3) is 0 Å². The molecule has 1 heterocycles.